The third-order valence-corrected chi connectivity index (χ3v) is 1.75. The standard InChI is InChI=1S/C11H12N2O3.ClH/c1-16-11(15)7-6-10(14)13-9-4-2-8(12)3-5-9;/h2-7H,12H2,1H3,(H,13,14);1H. The van der Waals surface area contributed by atoms with Gasteiger partial charge >= 0.3 is 5.97 Å². The van der Waals surface area contributed by atoms with Crippen molar-refractivity contribution in [3.8, 4) is 0 Å². The van der Waals surface area contributed by atoms with Crippen LogP contribution in [0.5, 0.6) is 0 Å². The Balaban J connectivity index is 0.00000256. The highest BCUT2D eigenvalue weighted by molar-refractivity contribution is 6.02. The molecule has 1 rings (SSSR count). The van der Waals surface area contributed by atoms with E-state index in [4.69, 9.17) is 5.73 Å². The maximum absolute atomic E-state index is 11.3. The monoisotopic (exact) mass is 256 g/mol. The number of nitrogens with one attached hydrogen (secondary N) is 1. The second-order valence-electron chi connectivity index (χ2n) is 2.97. The van der Waals surface area contributed by atoms with Gasteiger partial charge in [-0.1, -0.05) is 0 Å². The van der Waals surface area contributed by atoms with E-state index in [1.807, 2.05) is 0 Å². The summed E-state index contributed by atoms with van der Waals surface area (Å²) in [6.07, 6.45) is 2.15. The number of carbonyl (C=O) groups excluding carboxylic acids is 2. The highest BCUT2D eigenvalue weighted by atomic mass is 35.5. The predicted molar refractivity (Wildman–Crippen MR) is 67.9 cm³/mol. The average Bonchev–Trinajstić information content (AvgIpc) is 2.29. The van der Waals surface area contributed by atoms with Crippen molar-refractivity contribution in [2.75, 3.05) is 18.2 Å². The Hall–Kier alpha value is -2.01. The molecular weight excluding hydrogens is 244 g/mol. The third-order valence-electron chi connectivity index (χ3n) is 1.75. The van der Waals surface area contributed by atoms with Crippen molar-refractivity contribution in [2.24, 2.45) is 0 Å². The van der Waals surface area contributed by atoms with Gasteiger partial charge < -0.3 is 15.8 Å². The Kier molecular flexibility index (Phi) is 6.43. The van der Waals surface area contributed by atoms with Crippen LogP contribution in [-0.2, 0) is 14.3 Å². The molecular formula is C11H13ClN2O3. The molecule has 0 aliphatic rings. The minimum atomic E-state index is -0.576. The van der Waals surface area contributed by atoms with Crippen molar-refractivity contribution in [1.29, 1.82) is 0 Å². The number of ether oxygens (including phenoxy) is 1. The quantitative estimate of drug-likeness (QED) is 0.486. The van der Waals surface area contributed by atoms with Crippen molar-refractivity contribution in [1.82, 2.24) is 0 Å². The largest absolute Gasteiger partial charge is 0.466 e. The van der Waals surface area contributed by atoms with Crippen LogP contribution in [0, 0.1) is 0 Å². The molecule has 0 unspecified atom stereocenters. The molecule has 0 aromatic heterocycles. The number of benzene rings is 1. The molecule has 5 nitrogen and oxygen atoms in total. The van der Waals surface area contributed by atoms with E-state index in [1.165, 1.54) is 7.11 Å². The van der Waals surface area contributed by atoms with Crippen LogP contribution in [0.3, 0.4) is 0 Å². The van der Waals surface area contributed by atoms with E-state index in [0.29, 0.717) is 11.4 Å². The smallest absolute Gasteiger partial charge is 0.330 e. The minimum absolute atomic E-state index is 0. The van der Waals surface area contributed by atoms with Gasteiger partial charge in [-0.05, 0) is 24.3 Å². The van der Waals surface area contributed by atoms with E-state index in [-0.39, 0.29) is 12.4 Å². The van der Waals surface area contributed by atoms with Gasteiger partial charge in [-0.25, -0.2) is 4.79 Å². The summed E-state index contributed by atoms with van der Waals surface area (Å²) in [7, 11) is 1.24. The number of amides is 1. The molecule has 0 aliphatic heterocycles. The number of nitrogen functional groups attached to an aromatic ring is 1. The van der Waals surface area contributed by atoms with E-state index in [9.17, 15) is 9.59 Å². The van der Waals surface area contributed by atoms with Crippen LogP contribution in [0.2, 0.25) is 0 Å². The fourth-order valence-corrected chi connectivity index (χ4v) is 0.962. The lowest BCUT2D eigenvalue weighted by molar-refractivity contribution is -0.135. The van der Waals surface area contributed by atoms with Crippen LogP contribution >= 0.6 is 12.4 Å². The highest BCUT2D eigenvalue weighted by Gasteiger charge is 1.98. The first-order valence-corrected chi connectivity index (χ1v) is 4.54. The summed E-state index contributed by atoms with van der Waals surface area (Å²) in [4.78, 5) is 22.0. The second kappa shape index (κ2) is 7.29. The number of hydrogen-bond acceptors (Lipinski definition) is 4. The molecule has 17 heavy (non-hydrogen) atoms. The van der Waals surface area contributed by atoms with E-state index >= 15 is 0 Å². The highest BCUT2D eigenvalue weighted by Crippen LogP contribution is 2.10. The van der Waals surface area contributed by atoms with E-state index in [1.54, 1.807) is 24.3 Å². The van der Waals surface area contributed by atoms with Gasteiger partial charge in [0.05, 0.1) is 7.11 Å². The summed E-state index contributed by atoms with van der Waals surface area (Å²) < 4.78 is 4.34. The molecule has 0 heterocycles. The Morgan fingerprint density at radius 1 is 1.24 bits per heavy atom. The Morgan fingerprint density at radius 2 is 1.82 bits per heavy atom. The number of halogens is 1. The third kappa shape index (κ3) is 5.58. The molecule has 1 aromatic rings. The maximum Gasteiger partial charge on any atom is 0.330 e. The van der Waals surface area contributed by atoms with E-state index in [2.05, 4.69) is 10.1 Å². The lowest BCUT2D eigenvalue weighted by Crippen LogP contribution is -2.09. The zero-order chi connectivity index (χ0) is 12.0. The van der Waals surface area contributed by atoms with Gasteiger partial charge in [0.2, 0.25) is 5.91 Å². The predicted octanol–water partition coefficient (Wildman–Crippen LogP) is 1.36. The number of hydrogen-bond donors (Lipinski definition) is 2. The van der Waals surface area contributed by atoms with Gasteiger partial charge in [0.25, 0.3) is 0 Å². The maximum atomic E-state index is 11.3. The molecule has 1 aromatic carbocycles. The first-order chi connectivity index (χ1) is 7.61. The number of anilines is 2. The first-order valence-electron chi connectivity index (χ1n) is 4.54. The van der Waals surface area contributed by atoms with E-state index in [0.717, 1.165) is 12.2 Å². The lowest BCUT2D eigenvalue weighted by Gasteiger charge is -2.01. The van der Waals surface area contributed by atoms with Gasteiger partial charge in [-0.2, -0.15) is 0 Å². The molecule has 1 amide bonds. The Labute approximate surface area is 105 Å². The summed E-state index contributed by atoms with van der Waals surface area (Å²) in [6.45, 7) is 0. The number of nitrogens with two attached hydrogens (primary N) is 1. The zero-order valence-corrected chi connectivity index (χ0v) is 9.99. The molecule has 0 bridgehead atoms. The van der Waals surface area contributed by atoms with Gasteiger partial charge in [-0.3, -0.25) is 4.79 Å². The van der Waals surface area contributed by atoms with E-state index < -0.39 is 11.9 Å². The number of methoxy groups -OCH3 is 1. The topological polar surface area (TPSA) is 81.4 Å². The zero-order valence-electron chi connectivity index (χ0n) is 9.17. The van der Waals surface area contributed by atoms with Gasteiger partial charge in [0.15, 0.2) is 0 Å². The molecule has 3 N–H and O–H groups in total. The normalized spacial score (nSPS) is 9.47. The summed E-state index contributed by atoms with van der Waals surface area (Å²) in [5.41, 5.74) is 6.71. The van der Waals surface area contributed by atoms with Gasteiger partial charge in [0.1, 0.15) is 0 Å². The fourth-order valence-electron chi connectivity index (χ4n) is 0.962. The number of carbonyl (C=O) groups is 2. The van der Waals surface area contributed by atoms with Crippen LogP contribution in [-0.4, -0.2) is 19.0 Å². The number of esters is 1. The van der Waals surface area contributed by atoms with Crippen LogP contribution in [0.25, 0.3) is 0 Å². The van der Waals surface area contributed by atoms with Crippen molar-refractivity contribution in [3.05, 3.63) is 36.4 Å². The van der Waals surface area contributed by atoms with Crippen molar-refractivity contribution < 1.29 is 14.3 Å². The Morgan fingerprint density at radius 3 is 2.35 bits per heavy atom. The van der Waals surface area contributed by atoms with Crippen molar-refractivity contribution in [2.45, 2.75) is 0 Å². The molecule has 0 fully saturated rings. The molecule has 0 radical (unpaired) electrons. The van der Waals surface area contributed by atoms with Crippen molar-refractivity contribution in [3.63, 3.8) is 0 Å². The molecule has 0 atom stereocenters. The molecule has 0 spiro atoms. The summed E-state index contributed by atoms with van der Waals surface area (Å²) >= 11 is 0. The molecule has 0 aliphatic carbocycles. The van der Waals surface area contributed by atoms with Gasteiger partial charge in [0, 0.05) is 23.5 Å². The number of rotatable bonds is 3. The first kappa shape index (κ1) is 15.0. The lowest BCUT2D eigenvalue weighted by atomic mass is 10.3. The van der Waals surface area contributed by atoms with Crippen LogP contribution in [0.15, 0.2) is 36.4 Å². The van der Waals surface area contributed by atoms with Crippen LogP contribution in [0.1, 0.15) is 0 Å². The molecule has 92 valence electrons. The van der Waals surface area contributed by atoms with Crippen molar-refractivity contribution >= 4 is 35.7 Å². The van der Waals surface area contributed by atoms with Crippen LogP contribution < -0.4 is 11.1 Å². The van der Waals surface area contributed by atoms with Gasteiger partial charge in [-0.15, -0.1) is 12.4 Å². The average molecular weight is 257 g/mol. The summed E-state index contributed by atoms with van der Waals surface area (Å²) in [6, 6.07) is 6.66. The Bertz CT molecular complexity index is 415. The summed E-state index contributed by atoms with van der Waals surface area (Å²) in [5.74, 6) is -0.984. The molecule has 0 saturated carbocycles. The minimum Gasteiger partial charge on any atom is -0.466 e. The molecule has 6 heteroatoms. The van der Waals surface area contributed by atoms with Crippen LogP contribution in [0.4, 0.5) is 11.4 Å². The second-order valence-corrected chi connectivity index (χ2v) is 2.97. The fraction of sp³-hybridized carbons (Fsp3) is 0.0909. The molecule has 0 saturated heterocycles. The summed E-state index contributed by atoms with van der Waals surface area (Å²) in [5, 5.41) is 2.56. The SMILES string of the molecule is COC(=O)C=CC(=O)Nc1ccc(N)cc1.Cl.